The van der Waals surface area contributed by atoms with Gasteiger partial charge in [-0.05, 0) is 49.2 Å². The lowest BCUT2D eigenvalue weighted by atomic mass is 10.0. The second-order valence-corrected chi connectivity index (χ2v) is 6.67. The van der Waals surface area contributed by atoms with E-state index in [1.807, 2.05) is 42.8 Å². The molecule has 1 aromatic heterocycles. The molecule has 0 saturated heterocycles. The van der Waals surface area contributed by atoms with Crippen molar-refractivity contribution in [1.29, 1.82) is 5.26 Å². The van der Waals surface area contributed by atoms with Crippen molar-refractivity contribution in [2.75, 3.05) is 6.54 Å². The van der Waals surface area contributed by atoms with Gasteiger partial charge in [0.25, 0.3) is 5.91 Å². The second kappa shape index (κ2) is 8.40. The third-order valence-electron chi connectivity index (χ3n) is 4.63. The molecule has 0 unspecified atom stereocenters. The first kappa shape index (κ1) is 19.8. The van der Waals surface area contributed by atoms with Gasteiger partial charge in [0.15, 0.2) is 0 Å². The topological polar surface area (TPSA) is 108 Å². The van der Waals surface area contributed by atoms with Crippen LogP contribution in [0.4, 0.5) is 0 Å². The zero-order valence-corrected chi connectivity index (χ0v) is 16.1. The number of nitrogens with one attached hydrogen (secondary N) is 1. The van der Waals surface area contributed by atoms with E-state index < -0.39 is 18.4 Å². The van der Waals surface area contributed by atoms with Crippen LogP contribution in [0.15, 0.2) is 48.5 Å². The molecule has 0 aliphatic carbocycles. The molecule has 0 aliphatic heterocycles. The summed E-state index contributed by atoms with van der Waals surface area (Å²) in [5, 5.41) is 24.6. The van der Waals surface area contributed by atoms with Crippen molar-refractivity contribution in [2.24, 2.45) is 0 Å². The molecule has 7 heteroatoms. The number of hydrogen-bond acceptors (Lipinski definition) is 4. The first-order valence-corrected chi connectivity index (χ1v) is 9.02. The van der Waals surface area contributed by atoms with Crippen LogP contribution < -0.4 is 5.32 Å². The molecule has 1 heterocycles. The summed E-state index contributed by atoms with van der Waals surface area (Å²) < 4.78 is 1.91. The van der Waals surface area contributed by atoms with E-state index in [0.29, 0.717) is 17.7 Å². The minimum absolute atomic E-state index is 0.404. The zero-order valence-electron chi connectivity index (χ0n) is 16.1. The quantitative estimate of drug-likeness (QED) is 0.675. The number of carbonyl (C=O) groups excluding carboxylic acids is 1. The Morgan fingerprint density at radius 2 is 1.76 bits per heavy atom. The number of benzene rings is 2. The van der Waals surface area contributed by atoms with Gasteiger partial charge < -0.3 is 10.4 Å². The number of carboxylic acid groups (broad SMARTS) is 1. The minimum atomic E-state index is -1.09. The standard InChI is InChI=1S/C22H20N4O3/c1-14-21(18-7-3-16(11-23)4-8-18)15(2)26(25-14)13-17-5-9-19(10-6-17)22(29)24-12-20(27)28/h3-10H,12-13H2,1-2H3,(H,24,29)(H,27,28). The van der Waals surface area contributed by atoms with Crippen LogP contribution in [-0.2, 0) is 11.3 Å². The average molecular weight is 388 g/mol. The number of amides is 1. The fraction of sp³-hybridized carbons (Fsp3) is 0.182. The van der Waals surface area contributed by atoms with Crippen LogP contribution in [0.2, 0.25) is 0 Å². The molecule has 0 bridgehead atoms. The van der Waals surface area contributed by atoms with Crippen LogP contribution in [0.25, 0.3) is 11.1 Å². The van der Waals surface area contributed by atoms with Gasteiger partial charge in [-0.3, -0.25) is 14.3 Å². The van der Waals surface area contributed by atoms with E-state index in [1.165, 1.54) is 0 Å². The molecule has 3 aromatic rings. The number of carbonyl (C=O) groups is 2. The van der Waals surface area contributed by atoms with Crippen LogP contribution in [0, 0.1) is 25.2 Å². The molecule has 0 aliphatic rings. The summed E-state index contributed by atoms with van der Waals surface area (Å²) in [6, 6.07) is 16.5. The first-order valence-electron chi connectivity index (χ1n) is 9.02. The van der Waals surface area contributed by atoms with E-state index in [9.17, 15) is 9.59 Å². The molecule has 0 fully saturated rings. The van der Waals surface area contributed by atoms with Crippen LogP contribution >= 0.6 is 0 Å². The summed E-state index contributed by atoms with van der Waals surface area (Å²) in [6.07, 6.45) is 0. The van der Waals surface area contributed by atoms with Crippen molar-refractivity contribution in [3.8, 4) is 17.2 Å². The smallest absolute Gasteiger partial charge is 0.322 e. The Morgan fingerprint density at radius 3 is 2.34 bits per heavy atom. The molecular weight excluding hydrogens is 368 g/mol. The summed E-state index contributed by atoms with van der Waals surface area (Å²) in [7, 11) is 0. The fourth-order valence-corrected chi connectivity index (χ4v) is 3.17. The number of nitrogens with zero attached hydrogens (tertiary/aromatic N) is 3. The maximum absolute atomic E-state index is 11.9. The third kappa shape index (κ3) is 4.50. The van der Waals surface area contributed by atoms with Gasteiger partial charge in [-0.2, -0.15) is 10.4 Å². The van der Waals surface area contributed by atoms with Crippen molar-refractivity contribution < 1.29 is 14.7 Å². The van der Waals surface area contributed by atoms with E-state index in [1.54, 1.807) is 24.3 Å². The van der Waals surface area contributed by atoms with Gasteiger partial charge in [-0.15, -0.1) is 0 Å². The first-order chi connectivity index (χ1) is 13.9. The van der Waals surface area contributed by atoms with Gasteiger partial charge in [0.2, 0.25) is 0 Å². The van der Waals surface area contributed by atoms with Crippen molar-refractivity contribution in [3.63, 3.8) is 0 Å². The Bertz CT molecular complexity index is 1090. The number of hydrogen-bond donors (Lipinski definition) is 2. The largest absolute Gasteiger partial charge is 0.480 e. The van der Waals surface area contributed by atoms with Crippen LogP contribution in [0.1, 0.15) is 32.9 Å². The average Bonchev–Trinajstić information content (AvgIpc) is 2.99. The molecule has 7 nitrogen and oxygen atoms in total. The molecular formula is C22H20N4O3. The summed E-state index contributed by atoms with van der Waals surface area (Å²) in [5.74, 6) is -1.51. The molecule has 2 N–H and O–H groups in total. The summed E-state index contributed by atoms with van der Waals surface area (Å²) >= 11 is 0. The van der Waals surface area contributed by atoms with E-state index in [-0.39, 0.29) is 0 Å². The van der Waals surface area contributed by atoms with Crippen LogP contribution in [-0.4, -0.2) is 33.3 Å². The monoisotopic (exact) mass is 388 g/mol. The van der Waals surface area contributed by atoms with Gasteiger partial charge in [0, 0.05) is 16.8 Å². The van der Waals surface area contributed by atoms with E-state index in [0.717, 1.165) is 28.1 Å². The Hall–Kier alpha value is -3.92. The zero-order chi connectivity index (χ0) is 21.0. The number of nitriles is 1. The van der Waals surface area contributed by atoms with Gasteiger partial charge in [0.1, 0.15) is 6.54 Å². The predicted octanol–water partition coefficient (Wildman–Crippen LogP) is 2.90. The van der Waals surface area contributed by atoms with E-state index >= 15 is 0 Å². The number of aryl methyl sites for hydroxylation is 1. The molecule has 0 atom stereocenters. The number of aromatic nitrogens is 2. The molecule has 29 heavy (non-hydrogen) atoms. The summed E-state index contributed by atoms with van der Waals surface area (Å²) in [5.41, 5.74) is 5.95. The van der Waals surface area contributed by atoms with Crippen LogP contribution in [0.3, 0.4) is 0 Å². The maximum Gasteiger partial charge on any atom is 0.322 e. The lowest BCUT2D eigenvalue weighted by molar-refractivity contribution is -0.135. The Labute approximate surface area is 168 Å². The molecule has 146 valence electrons. The van der Waals surface area contributed by atoms with Gasteiger partial charge in [-0.25, -0.2) is 0 Å². The second-order valence-electron chi connectivity index (χ2n) is 6.67. The minimum Gasteiger partial charge on any atom is -0.480 e. The SMILES string of the molecule is Cc1nn(Cc2ccc(C(=O)NCC(=O)O)cc2)c(C)c1-c1ccc(C#N)cc1. The predicted molar refractivity (Wildman–Crippen MR) is 107 cm³/mol. The highest BCUT2D eigenvalue weighted by atomic mass is 16.4. The number of carboxylic acids is 1. The summed E-state index contributed by atoms with van der Waals surface area (Å²) in [6.45, 7) is 4.08. The normalized spacial score (nSPS) is 10.4. The Balaban J connectivity index is 1.78. The molecule has 2 aromatic carbocycles. The van der Waals surface area contributed by atoms with E-state index in [4.69, 9.17) is 10.4 Å². The molecule has 0 saturated carbocycles. The lowest BCUT2D eigenvalue weighted by Gasteiger charge is -2.08. The van der Waals surface area contributed by atoms with Gasteiger partial charge >= 0.3 is 5.97 Å². The number of aliphatic carboxylic acids is 1. The van der Waals surface area contributed by atoms with Crippen molar-refractivity contribution in [2.45, 2.75) is 20.4 Å². The number of rotatable bonds is 6. The molecule has 1 amide bonds. The Kier molecular flexibility index (Phi) is 5.74. The van der Waals surface area contributed by atoms with Crippen molar-refractivity contribution in [3.05, 3.63) is 76.6 Å². The van der Waals surface area contributed by atoms with Crippen molar-refractivity contribution >= 4 is 11.9 Å². The van der Waals surface area contributed by atoms with E-state index in [2.05, 4.69) is 16.5 Å². The van der Waals surface area contributed by atoms with Gasteiger partial charge in [-0.1, -0.05) is 24.3 Å². The summed E-state index contributed by atoms with van der Waals surface area (Å²) in [4.78, 5) is 22.5. The maximum atomic E-state index is 11.9. The highest BCUT2D eigenvalue weighted by Gasteiger charge is 2.14. The van der Waals surface area contributed by atoms with Crippen LogP contribution in [0.5, 0.6) is 0 Å². The lowest BCUT2D eigenvalue weighted by Crippen LogP contribution is -2.29. The third-order valence-corrected chi connectivity index (χ3v) is 4.63. The highest BCUT2D eigenvalue weighted by Crippen LogP contribution is 2.27. The molecule has 0 radical (unpaired) electrons. The highest BCUT2D eigenvalue weighted by molar-refractivity contribution is 5.95. The molecule has 0 spiro atoms. The van der Waals surface area contributed by atoms with Crippen molar-refractivity contribution in [1.82, 2.24) is 15.1 Å². The molecule has 3 rings (SSSR count). The fourth-order valence-electron chi connectivity index (χ4n) is 3.17. The Morgan fingerprint density at radius 1 is 1.10 bits per heavy atom. The van der Waals surface area contributed by atoms with Gasteiger partial charge in [0.05, 0.1) is 23.9 Å².